The van der Waals surface area contributed by atoms with E-state index < -0.39 is 17.9 Å². The zero-order valence-corrected chi connectivity index (χ0v) is 16.3. The first-order chi connectivity index (χ1) is 13.4. The molecule has 1 heterocycles. The second-order valence-electron chi connectivity index (χ2n) is 6.68. The first kappa shape index (κ1) is 19.9. The molecule has 0 radical (unpaired) electrons. The van der Waals surface area contributed by atoms with Crippen LogP contribution >= 0.6 is 11.6 Å². The lowest BCUT2D eigenvalue weighted by Crippen LogP contribution is -2.52. The van der Waals surface area contributed by atoms with Crippen LogP contribution in [0.25, 0.3) is 0 Å². The van der Waals surface area contributed by atoms with E-state index in [4.69, 9.17) is 16.3 Å². The first-order valence-corrected chi connectivity index (χ1v) is 9.15. The molecule has 1 saturated heterocycles. The molecule has 8 heteroatoms. The fraction of sp³-hybridized carbons (Fsp3) is 0.300. The Bertz CT molecular complexity index is 875. The van der Waals surface area contributed by atoms with Crippen molar-refractivity contribution in [3.05, 3.63) is 58.9 Å². The van der Waals surface area contributed by atoms with Gasteiger partial charge in [0.25, 0.3) is 0 Å². The lowest BCUT2D eigenvalue weighted by Gasteiger charge is -2.37. The Balaban J connectivity index is 1.78. The van der Waals surface area contributed by atoms with E-state index in [1.165, 1.54) is 13.2 Å². The van der Waals surface area contributed by atoms with Gasteiger partial charge >= 0.3 is 6.03 Å². The van der Waals surface area contributed by atoms with Gasteiger partial charge < -0.3 is 20.3 Å². The number of piperidine rings is 1. The third-order valence-electron chi connectivity index (χ3n) is 4.80. The summed E-state index contributed by atoms with van der Waals surface area (Å²) in [4.78, 5) is 26.1. The molecule has 0 saturated carbocycles. The van der Waals surface area contributed by atoms with Crippen molar-refractivity contribution >= 4 is 29.2 Å². The van der Waals surface area contributed by atoms with Crippen molar-refractivity contribution in [2.75, 3.05) is 26.0 Å². The average molecular weight is 406 g/mol. The summed E-state index contributed by atoms with van der Waals surface area (Å²) >= 11 is 5.84. The Labute approximate surface area is 167 Å². The maximum atomic E-state index is 14.6. The van der Waals surface area contributed by atoms with E-state index in [2.05, 4.69) is 10.6 Å². The molecule has 148 valence electrons. The van der Waals surface area contributed by atoms with Crippen LogP contribution in [-0.2, 0) is 4.79 Å². The third-order valence-corrected chi connectivity index (χ3v) is 5.05. The zero-order valence-electron chi connectivity index (χ0n) is 15.5. The van der Waals surface area contributed by atoms with Crippen LogP contribution in [0.15, 0.2) is 42.5 Å². The van der Waals surface area contributed by atoms with Gasteiger partial charge in [0, 0.05) is 48.7 Å². The Hall–Kier alpha value is -2.80. The quantitative estimate of drug-likeness (QED) is 0.816. The lowest BCUT2D eigenvalue weighted by molar-refractivity contribution is -0.133. The minimum absolute atomic E-state index is 0.0840. The smallest absolute Gasteiger partial charge is 0.319 e. The van der Waals surface area contributed by atoms with Crippen LogP contribution < -0.4 is 15.4 Å². The molecule has 0 aromatic heterocycles. The minimum atomic E-state index is -0.543. The number of anilines is 1. The maximum absolute atomic E-state index is 14.6. The second-order valence-corrected chi connectivity index (χ2v) is 7.12. The molecule has 2 aromatic rings. The summed E-state index contributed by atoms with van der Waals surface area (Å²) in [5.74, 6) is -0.518. The average Bonchev–Trinajstić information content (AvgIpc) is 2.66. The van der Waals surface area contributed by atoms with Crippen LogP contribution in [0, 0.1) is 5.82 Å². The van der Waals surface area contributed by atoms with E-state index >= 15 is 0 Å². The van der Waals surface area contributed by atoms with Gasteiger partial charge in [0.05, 0.1) is 7.11 Å². The Kier molecular flexibility index (Phi) is 6.04. The highest BCUT2D eigenvalue weighted by atomic mass is 35.5. The number of urea groups is 1. The summed E-state index contributed by atoms with van der Waals surface area (Å²) in [6.07, 6.45) is 0.0840. The normalized spacial score (nSPS) is 19.3. The summed E-state index contributed by atoms with van der Waals surface area (Å²) in [5.41, 5.74) is 0.991. The summed E-state index contributed by atoms with van der Waals surface area (Å²) in [6.45, 7) is 0.300. The highest BCUT2D eigenvalue weighted by Crippen LogP contribution is 2.31. The molecule has 1 aliphatic rings. The van der Waals surface area contributed by atoms with Crippen molar-refractivity contribution < 1.29 is 18.7 Å². The van der Waals surface area contributed by atoms with Crippen LogP contribution in [0.3, 0.4) is 0 Å². The van der Waals surface area contributed by atoms with E-state index in [0.717, 1.165) is 0 Å². The molecule has 6 nitrogen and oxygen atoms in total. The van der Waals surface area contributed by atoms with Gasteiger partial charge in [0.1, 0.15) is 11.6 Å². The van der Waals surface area contributed by atoms with Crippen molar-refractivity contribution in [3.8, 4) is 5.75 Å². The standard InChI is InChI=1S/C20H21ClFN3O3/c1-25-11-16(15-8-7-14(28-2)9-17(15)22)18(10-19(25)26)24-20(27)23-13-5-3-12(21)4-6-13/h3-9,16,18H,10-11H2,1-2H3,(H2,23,24,27). The van der Waals surface area contributed by atoms with Gasteiger partial charge in [-0.25, -0.2) is 9.18 Å². The minimum Gasteiger partial charge on any atom is -0.497 e. The summed E-state index contributed by atoms with van der Waals surface area (Å²) in [6, 6.07) is 10.2. The fourth-order valence-electron chi connectivity index (χ4n) is 3.28. The number of likely N-dealkylation sites (tertiary alicyclic amines) is 1. The molecule has 0 spiro atoms. The molecule has 0 aliphatic carbocycles. The number of hydrogen-bond acceptors (Lipinski definition) is 3. The molecule has 2 aromatic carbocycles. The van der Waals surface area contributed by atoms with Gasteiger partial charge in [-0.05, 0) is 35.9 Å². The van der Waals surface area contributed by atoms with Crippen LogP contribution in [0.1, 0.15) is 17.9 Å². The lowest BCUT2D eigenvalue weighted by atomic mass is 9.85. The van der Waals surface area contributed by atoms with Gasteiger partial charge in [-0.2, -0.15) is 0 Å². The maximum Gasteiger partial charge on any atom is 0.319 e. The van der Waals surface area contributed by atoms with E-state index in [9.17, 15) is 14.0 Å². The summed E-state index contributed by atoms with van der Waals surface area (Å²) in [5, 5.41) is 6.07. The van der Waals surface area contributed by atoms with Crippen LogP contribution in [0.5, 0.6) is 5.75 Å². The molecule has 28 heavy (non-hydrogen) atoms. The number of rotatable bonds is 4. The molecule has 1 aliphatic heterocycles. The fourth-order valence-corrected chi connectivity index (χ4v) is 3.41. The zero-order chi connectivity index (χ0) is 20.3. The summed E-state index contributed by atoms with van der Waals surface area (Å²) < 4.78 is 19.7. The van der Waals surface area contributed by atoms with E-state index in [-0.39, 0.29) is 18.2 Å². The van der Waals surface area contributed by atoms with E-state index in [1.54, 1.807) is 48.3 Å². The largest absolute Gasteiger partial charge is 0.497 e. The monoisotopic (exact) mass is 405 g/mol. The van der Waals surface area contributed by atoms with Crippen LogP contribution in [0.4, 0.5) is 14.9 Å². The number of benzene rings is 2. The number of hydrogen-bond donors (Lipinski definition) is 2. The number of nitrogens with one attached hydrogen (secondary N) is 2. The van der Waals surface area contributed by atoms with Crippen molar-refractivity contribution in [2.24, 2.45) is 0 Å². The number of likely N-dealkylation sites (N-methyl/N-ethyl adjacent to an activating group) is 1. The highest BCUT2D eigenvalue weighted by molar-refractivity contribution is 6.30. The predicted molar refractivity (Wildman–Crippen MR) is 105 cm³/mol. The van der Waals surface area contributed by atoms with Gasteiger partial charge in [-0.15, -0.1) is 0 Å². The number of halogens is 2. The molecule has 3 rings (SSSR count). The number of amides is 3. The molecule has 0 bridgehead atoms. The van der Waals surface area contributed by atoms with Crippen molar-refractivity contribution in [2.45, 2.75) is 18.4 Å². The van der Waals surface area contributed by atoms with Gasteiger partial charge in [-0.3, -0.25) is 4.79 Å². The molecule has 3 amide bonds. The first-order valence-electron chi connectivity index (χ1n) is 8.78. The number of carbonyl (C=O) groups is 2. The van der Waals surface area contributed by atoms with Crippen molar-refractivity contribution in [1.29, 1.82) is 0 Å². The Morgan fingerprint density at radius 1 is 1.25 bits per heavy atom. The van der Waals surface area contributed by atoms with Crippen molar-refractivity contribution in [1.82, 2.24) is 10.2 Å². The van der Waals surface area contributed by atoms with Crippen LogP contribution in [-0.4, -0.2) is 43.6 Å². The van der Waals surface area contributed by atoms with E-state index in [0.29, 0.717) is 28.6 Å². The Morgan fingerprint density at radius 2 is 1.96 bits per heavy atom. The third kappa shape index (κ3) is 4.54. The summed E-state index contributed by atoms with van der Waals surface area (Å²) in [7, 11) is 3.13. The number of methoxy groups -OCH3 is 1. The van der Waals surface area contributed by atoms with Gasteiger partial charge in [0.15, 0.2) is 0 Å². The number of ether oxygens (including phenoxy) is 1. The SMILES string of the molecule is COc1ccc(C2CN(C)C(=O)CC2NC(=O)Nc2ccc(Cl)cc2)c(F)c1. The molecule has 1 fully saturated rings. The molecule has 2 N–H and O–H groups in total. The van der Waals surface area contributed by atoms with Crippen molar-refractivity contribution in [3.63, 3.8) is 0 Å². The number of nitrogens with zero attached hydrogens (tertiary/aromatic N) is 1. The highest BCUT2D eigenvalue weighted by Gasteiger charge is 2.36. The molecular formula is C20H21ClFN3O3. The van der Waals surface area contributed by atoms with Gasteiger partial charge in [-0.1, -0.05) is 17.7 Å². The van der Waals surface area contributed by atoms with Gasteiger partial charge in [0.2, 0.25) is 5.91 Å². The Morgan fingerprint density at radius 3 is 2.61 bits per heavy atom. The van der Waals surface area contributed by atoms with E-state index in [1.807, 2.05) is 0 Å². The topological polar surface area (TPSA) is 70.7 Å². The van der Waals surface area contributed by atoms with Crippen LogP contribution in [0.2, 0.25) is 5.02 Å². The predicted octanol–water partition coefficient (Wildman–Crippen LogP) is 3.62. The molecular weight excluding hydrogens is 385 g/mol. The molecule has 2 unspecified atom stereocenters. The second kappa shape index (κ2) is 8.48. The number of carbonyl (C=O) groups excluding carboxylic acids is 2. The molecule has 2 atom stereocenters.